The maximum atomic E-state index is 11.7. The van der Waals surface area contributed by atoms with Gasteiger partial charge in [0.1, 0.15) is 10.8 Å². The number of anilines is 5. The number of methoxy groups -OCH3 is 2. The molecule has 0 saturated carbocycles. The molecule has 0 radical (unpaired) electrons. The Morgan fingerprint density at radius 3 is 2.55 bits per heavy atom. The molecule has 0 atom stereocenters. The van der Waals surface area contributed by atoms with E-state index in [0.717, 1.165) is 6.26 Å². The summed E-state index contributed by atoms with van der Waals surface area (Å²) in [6, 6.07) is 4.78. The van der Waals surface area contributed by atoms with E-state index in [1.807, 2.05) is 0 Å². The van der Waals surface area contributed by atoms with Crippen molar-refractivity contribution in [3.05, 3.63) is 29.4 Å². The van der Waals surface area contributed by atoms with Gasteiger partial charge in [0.2, 0.25) is 21.8 Å². The van der Waals surface area contributed by atoms with E-state index in [2.05, 4.69) is 40.3 Å². The van der Waals surface area contributed by atoms with Gasteiger partial charge in [0.15, 0.2) is 5.82 Å². The van der Waals surface area contributed by atoms with Crippen LogP contribution in [0.5, 0.6) is 11.6 Å². The van der Waals surface area contributed by atoms with Gasteiger partial charge < -0.3 is 20.1 Å². The highest BCUT2D eigenvalue weighted by atomic mass is 35.5. The van der Waals surface area contributed by atoms with Crippen LogP contribution < -0.4 is 24.8 Å². The number of rotatable bonds is 8. The smallest absolute Gasteiger partial charge is 0.300 e. The van der Waals surface area contributed by atoms with Crippen molar-refractivity contribution in [1.29, 1.82) is 0 Å². The highest BCUT2D eigenvalue weighted by molar-refractivity contribution is 7.92. The highest BCUT2D eigenvalue weighted by Crippen LogP contribution is 2.32. The minimum absolute atomic E-state index is 0.118. The van der Waals surface area contributed by atoms with Crippen molar-refractivity contribution in [2.24, 2.45) is 0 Å². The van der Waals surface area contributed by atoms with Gasteiger partial charge >= 0.3 is 5.88 Å². The lowest BCUT2D eigenvalue weighted by Crippen LogP contribution is -2.11. The molecule has 2 aromatic heterocycles. The molecule has 3 N–H and O–H groups in total. The molecule has 12 nitrogen and oxygen atoms in total. The van der Waals surface area contributed by atoms with E-state index in [0.29, 0.717) is 11.4 Å². The molecule has 0 spiro atoms. The van der Waals surface area contributed by atoms with E-state index in [1.54, 1.807) is 12.1 Å². The molecule has 0 saturated heterocycles. The van der Waals surface area contributed by atoms with Crippen LogP contribution >= 0.6 is 11.6 Å². The third-order valence-electron chi connectivity index (χ3n) is 3.40. The van der Waals surface area contributed by atoms with Crippen LogP contribution in [0.4, 0.5) is 29.0 Å². The van der Waals surface area contributed by atoms with Crippen molar-refractivity contribution >= 4 is 50.6 Å². The Bertz CT molecular complexity index is 1120. The second-order valence-electron chi connectivity index (χ2n) is 5.55. The Balaban J connectivity index is 1.92. The summed E-state index contributed by atoms with van der Waals surface area (Å²) in [7, 11) is -0.666. The summed E-state index contributed by atoms with van der Waals surface area (Å²) >= 11 is 6.18. The number of aromatic nitrogens is 4. The van der Waals surface area contributed by atoms with Gasteiger partial charge in [0.05, 0.1) is 38.0 Å². The SMILES string of the molecule is COc1ccc(Nc2nc(Nc3nonc3OC)ncc2Cl)c(NS(C)(=O)=O)c1. The van der Waals surface area contributed by atoms with Crippen LogP contribution in [0.15, 0.2) is 29.0 Å². The lowest BCUT2D eigenvalue weighted by atomic mass is 10.2. The van der Waals surface area contributed by atoms with Crippen LogP contribution in [0.25, 0.3) is 0 Å². The average Bonchev–Trinajstić information content (AvgIpc) is 3.11. The zero-order valence-corrected chi connectivity index (χ0v) is 17.0. The summed E-state index contributed by atoms with van der Waals surface area (Å²) in [4.78, 5) is 8.31. The van der Waals surface area contributed by atoms with E-state index >= 15 is 0 Å². The second-order valence-corrected chi connectivity index (χ2v) is 7.70. The number of nitrogens with one attached hydrogen (secondary N) is 3. The fraction of sp³-hybridized carbons (Fsp3) is 0.200. The Hall–Kier alpha value is -3.32. The molecule has 0 unspecified atom stereocenters. The summed E-state index contributed by atoms with van der Waals surface area (Å²) in [6.07, 6.45) is 2.39. The van der Waals surface area contributed by atoms with Crippen LogP contribution in [0.1, 0.15) is 0 Å². The van der Waals surface area contributed by atoms with E-state index in [4.69, 9.17) is 21.1 Å². The normalized spacial score (nSPS) is 11.0. The van der Waals surface area contributed by atoms with Gasteiger partial charge in [-0.05, 0) is 22.4 Å². The summed E-state index contributed by atoms with van der Waals surface area (Å²) in [6.45, 7) is 0. The fourth-order valence-corrected chi connectivity index (χ4v) is 2.89. The van der Waals surface area contributed by atoms with Crippen molar-refractivity contribution in [3.63, 3.8) is 0 Å². The topological polar surface area (TPSA) is 153 Å². The van der Waals surface area contributed by atoms with E-state index in [-0.39, 0.29) is 34.2 Å². The molecule has 0 fully saturated rings. The quantitative estimate of drug-likeness (QED) is 0.472. The standard InChI is InChI=1S/C15H16ClN7O5S/c1-26-8-4-5-10(11(6-8)23-29(3,24)25)18-12-9(16)7-17-15(19-12)20-13-14(27-2)22-28-21-13/h4-7,23H,1-3H3,(H2,17,18,19,20,21). The lowest BCUT2D eigenvalue weighted by molar-refractivity contribution is 0.282. The van der Waals surface area contributed by atoms with Gasteiger partial charge in [0, 0.05) is 6.07 Å². The monoisotopic (exact) mass is 441 g/mol. The van der Waals surface area contributed by atoms with E-state index in [9.17, 15) is 8.42 Å². The number of sulfonamides is 1. The molecule has 0 aliphatic heterocycles. The number of benzene rings is 1. The van der Waals surface area contributed by atoms with Crippen LogP contribution in [0.2, 0.25) is 5.02 Å². The molecule has 0 amide bonds. The molecule has 0 aliphatic carbocycles. The van der Waals surface area contributed by atoms with Gasteiger partial charge in [0.25, 0.3) is 0 Å². The van der Waals surface area contributed by atoms with Crippen molar-refractivity contribution in [2.75, 3.05) is 35.8 Å². The minimum Gasteiger partial charge on any atom is -0.497 e. The molecule has 29 heavy (non-hydrogen) atoms. The first-order valence-corrected chi connectivity index (χ1v) is 10.1. The first-order valence-electron chi connectivity index (χ1n) is 7.88. The molecule has 3 aromatic rings. The maximum absolute atomic E-state index is 11.7. The molecule has 0 bridgehead atoms. The van der Waals surface area contributed by atoms with Gasteiger partial charge in [-0.1, -0.05) is 11.6 Å². The summed E-state index contributed by atoms with van der Waals surface area (Å²) in [5, 5.41) is 13.1. The molecule has 14 heteroatoms. The highest BCUT2D eigenvalue weighted by Gasteiger charge is 2.15. The van der Waals surface area contributed by atoms with Crippen molar-refractivity contribution in [2.45, 2.75) is 0 Å². The first kappa shape index (κ1) is 20.4. The van der Waals surface area contributed by atoms with Crippen LogP contribution in [0.3, 0.4) is 0 Å². The van der Waals surface area contributed by atoms with Gasteiger partial charge in [-0.25, -0.2) is 18.0 Å². The zero-order valence-electron chi connectivity index (χ0n) is 15.4. The predicted octanol–water partition coefficient (Wildman–Crippen LogP) is 2.39. The van der Waals surface area contributed by atoms with Crippen LogP contribution in [-0.4, -0.2) is 49.2 Å². The number of nitrogens with zero attached hydrogens (tertiary/aromatic N) is 4. The van der Waals surface area contributed by atoms with Crippen molar-refractivity contribution in [3.8, 4) is 11.6 Å². The second kappa shape index (κ2) is 8.36. The van der Waals surface area contributed by atoms with Gasteiger partial charge in [-0.15, -0.1) is 0 Å². The molecule has 0 aliphatic rings. The molecular weight excluding hydrogens is 426 g/mol. The third kappa shape index (κ3) is 5.14. The van der Waals surface area contributed by atoms with E-state index < -0.39 is 10.0 Å². The molecular formula is C15H16ClN7O5S. The van der Waals surface area contributed by atoms with Crippen molar-refractivity contribution in [1.82, 2.24) is 20.3 Å². The molecule has 1 aromatic carbocycles. The Kier molecular flexibility index (Phi) is 5.89. The number of halogens is 1. The zero-order chi connectivity index (χ0) is 21.0. The Morgan fingerprint density at radius 2 is 1.86 bits per heavy atom. The largest absolute Gasteiger partial charge is 0.497 e. The molecule has 154 valence electrons. The number of hydrogen-bond donors (Lipinski definition) is 3. The number of hydrogen-bond acceptors (Lipinski definition) is 11. The summed E-state index contributed by atoms with van der Waals surface area (Å²) in [5.41, 5.74) is 0.641. The lowest BCUT2D eigenvalue weighted by Gasteiger charge is -2.15. The first-order chi connectivity index (χ1) is 13.8. The van der Waals surface area contributed by atoms with Crippen molar-refractivity contribution < 1.29 is 22.5 Å². The van der Waals surface area contributed by atoms with Gasteiger partial charge in [-0.3, -0.25) is 4.72 Å². The third-order valence-corrected chi connectivity index (χ3v) is 4.27. The summed E-state index contributed by atoms with van der Waals surface area (Å²) in [5.74, 6) is 1.08. The average molecular weight is 442 g/mol. The summed E-state index contributed by atoms with van der Waals surface area (Å²) < 4.78 is 40.5. The predicted molar refractivity (Wildman–Crippen MR) is 106 cm³/mol. The minimum atomic E-state index is -3.54. The van der Waals surface area contributed by atoms with Crippen LogP contribution in [-0.2, 0) is 10.0 Å². The van der Waals surface area contributed by atoms with Gasteiger partial charge in [-0.2, -0.15) is 4.98 Å². The van der Waals surface area contributed by atoms with E-state index in [1.165, 1.54) is 26.5 Å². The maximum Gasteiger partial charge on any atom is 0.300 e. The molecule has 2 heterocycles. The molecule has 3 rings (SSSR count). The Morgan fingerprint density at radius 1 is 1.07 bits per heavy atom. The van der Waals surface area contributed by atoms with Crippen LogP contribution in [0, 0.1) is 0 Å². The number of ether oxygens (including phenoxy) is 2. The fourth-order valence-electron chi connectivity index (χ4n) is 2.18. The Labute approximate surface area is 170 Å².